The molecular weight excluding hydrogens is 286 g/mol. The summed E-state index contributed by atoms with van der Waals surface area (Å²) in [6.07, 6.45) is 4.23. The fourth-order valence-electron chi connectivity index (χ4n) is 2.87. The molecule has 0 bridgehead atoms. The summed E-state index contributed by atoms with van der Waals surface area (Å²) in [5.41, 5.74) is 8.26. The largest absolute Gasteiger partial charge is 0.333 e. The second-order valence-electron chi connectivity index (χ2n) is 5.63. The van der Waals surface area contributed by atoms with E-state index in [0.717, 1.165) is 17.7 Å². The predicted molar refractivity (Wildman–Crippen MR) is 81.5 cm³/mol. The first-order valence-corrected chi connectivity index (χ1v) is 8.88. The van der Waals surface area contributed by atoms with E-state index in [9.17, 15) is 8.42 Å². The van der Waals surface area contributed by atoms with Crippen LogP contribution in [0.1, 0.15) is 23.7 Å². The van der Waals surface area contributed by atoms with Gasteiger partial charge in [-0.25, -0.2) is 13.4 Å². The standard InChI is InChI=1S/C15H19N3O2S/c16-15(13-4-2-1-3-5-13)14-8-17-11-18(14)9-12-6-7-21(19,20)10-12/h1-5,8,11-12,15H,6-7,9-10,16H2. The molecule has 112 valence electrons. The second kappa shape index (κ2) is 5.61. The number of nitrogens with two attached hydrogens (primary N) is 1. The zero-order chi connectivity index (χ0) is 14.9. The van der Waals surface area contributed by atoms with Gasteiger partial charge in [0.1, 0.15) is 0 Å². The Bertz CT molecular complexity index is 710. The van der Waals surface area contributed by atoms with E-state index in [-0.39, 0.29) is 17.7 Å². The highest BCUT2D eigenvalue weighted by Crippen LogP contribution is 2.24. The lowest BCUT2D eigenvalue weighted by atomic mass is 10.0. The van der Waals surface area contributed by atoms with E-state index < -0.39 is 9.84 Å². The third kappa shape index (κ3) is 3.16. The minimum absolute atomic E-state index is 0.158. The zero-order valence-electron chi connectivity index (χ0n) is 11.7. The number of rotatable bonds is 4. The molecule has 1 aromatic heterocycles. The van der Waals surface area contributed by atoms with Crippen LogP contribution in [0.5, 0.6) is 0 Å². The summed E-state index contributed by atoms with van der Waals surface area (Å²) in [6, 6.07) is 9.60. The SMILES string of the molecule is NC(c1ccccc1)c1cncn1CC1CCS(=O)(=O)C1. The number of aromatic nitrogens is 2. The topological polar surface area (TPSA) is 78.0 Å². The molecule has 6 heteroatoms. The Labute approximate surface area is 124 Å². The molecule has 2 unspecified atom stereocenters. The predicted octanol–water partition coefficient (Wildman–Crippen LogP) is 1.37. The summed E-state index contributed by atoms with van der Waals surface area (Å²) >= 11 is 0. The zero-order valence-corrected chi connectivity index (χ0v) is 12.5. The van der Waals surface area contributed by atoms with Gasteiger partial charge in [-0.15, -0.1) is 0 Å². The van der Waals surface area contributed by atoms with E-state index in [0.29, 0.717) is 12.3 Å². The molecule has 1 saturated heterocycles. The van der Waals surface area contributed by atoms with Crippen LogP contribution in [0, 0.1) is 5.92 Å². The van der Waals surface area contributed by atoms with Gasteiger partial charge in [-0.05, 0) is 17.9 Å². The molecule has 1 aromatic carbocycles. The van der Waals surface area contributed by atoms with Gasteiger partial charge in [0.2, 0.25) is 0 Å². The third-order valence-corrected chi connectivity index (χ3v) is 5.84. The monoisotopic (exact) mass is 305 g/mol. The number of sulfone groups is 1. The highest BCUT2D eigenvalue weighted by molar-refractivity contribution is 7.91. The lowest BCUT2D eigenvalue weighted by Crippen LogP contribution is -2.19. The fraction of sp³-hybridized carbons (Fsp3) is 0.400. The van der Waals surface area contributed by atoms with Crippen LogP contribution in [0.25, 0.3) is 0 Å². The van der Waals surface area contributed by atoms with Crippen LogP contribution in [0.3, 0.4) is 0 Å². The van der Waals surface area contributed by atoms with Crippen LogP contribution >= 0.6 is 0 Å². The van der Waals surface area contributed by atoms with Gasteiger partial charge in [0, 0.05) is 6.54 Å². The average Bonchev–Trinajstić information content (AvgIpc) is 3.06. The van der Waals surface area contributed by atoms with Gasteiger partial charge in [0.05, 0.1) is 35.8 Å². The second-order valence-corrected chi connectivity index (χ2v) is 7.86. The number of nitrogens with zero attached hydrogens (tertiary/aromatic N) is 2. The van der Waals surface area contributed by atoms with Gasteiger partial charge in [0.25, 0.3) is 0 Å². The van der Waals surface area contributed by atoms with Crippen molar-refractivity contribution in [2.45, 2.75) is 19.0 Å². The minimum Gasteiger partial charge on any atom is -0.333 e. The van der Waals surface area contributed by atoms with Crippen molar-refractivity contribution in [3.63, 3.8) is 0 Å². The molecule has 0 aliphatic carbocycles. The highest BCUT2D eigenvalue weighted by Gasteiger charge is 2.28. The number of benzene rings is 1. The van der Waals surface area contributed by atoms with Crippen LogP contribution in [0.2, 0.25) is 0 Å². The van der Waals surface area contributed by atoms with E-state index in [1.54, 1.807) is 12.5 Å². The normalized spacial score (nSPS) is 22.2. The number of hydrogen-bond acceptors (Lipinski definition) is 4. The molecule has 3 rings (SSSR count). The van der Waals surface area contributed by atoms with Gasteiger partial charge in [0.15, 0.2) is 9.84 Å². The van der Waals surface area contributed by atoms with Crippen molar-refractivity contribution in [1.29, 1.82) is 0 Å². The average molecular weight is 305 g/mol. The van der Waals surface area contributed by atoms with Crippen LogP contribution in [-0.2, 0) is 16.4 Å². The van der Waals surface area contributed by atoms with E-state index in [1.165, 1.54) is 0 Å². The molecule has 2 atom stereocenters. The molecule has 0 saturated carbocycles. The maximum absolute atomic E-state index is 11.6. The first-order valence-electron chi connectivity index (χ1n) is 7.06. The van der Waals surface area contributed by atoms with E-state index in [1.807, 2.05) is 34.9 Å². The molecule has 2 heterocycles. The third-order valence-electron chi connectivity index (χ3n) is 4.00. The lowest BCUT2D eigenvalue weighted by Gasteiger charge is -2.17. The van der Waals surface area contributed by atoms with Gasteiger partial charge >= 0.3 is 0 Å². The summed E-state index contributed by atoms with van der Waals surface area (Å²) in [6.45, 7) is 0.662. The summed E-state index contributed by atoms with van der Waals surface area (Å²) in [7, 11) is -2.85. The molecule has 21 heavy (non-hydrogen) atoms. The summed E-state index contributed by atoms with van der Waals surface area (Å²) in [4.78, 5) is 4.18. The summed E-state index contributed by atoms with van der Waals surface area (Å²) in [5, 5.41) is 0. The Hall–Kier alpha value is -1.66. The van der Waals surface area contributed by atoms with E-state index in [4.69, 9.17) is 5.73 Å². The van der Waals surface area contributed by atoms with Crippen molar-refractivity contribution < 1.29 is 8.42 Å². The van der Waals surface area contributed by atoms with Gasteiger partial charge < -0.3 is 10.3 Å². The van der Waals surface area contributed by atoms with Gasteiger partial charge in [-0.3, -0.25) is 0 Å². The van der Waals surface area contributed by atoms with Crippen LogP contribution in [0.4, 0.5) is 0 Å². The lowest BCUT2D eigenvalue weighted by molar-refractivity contribution is 0.475. The van der Waals surface area contributed by atoms with Crippen molar-refractivity contribution in [3.8, 4) is 0 Å². The molecule has 2 aromatic rings. The van der Waals surface area contributed by atoms with Crippen LogP contribution in [0.15, 0.2) is 42.9 Å². The van der Waals surface area contributed by atoms with E-state index in [2.05, 4.69) is 4.98 Å². The van der Waals surface area contributed by atoms with Crippen molar-refractivity contribution >= 4 is 9.84 Å². The number of imidazole rings is 1. The van der Waals surface area contributed by atoms with Crippen molar-refractivity contribution in [2.75, 3.05) is 11.5 Å². The molecule has 0 amide bonds. The molecule has 0 spiro atoms. The van der Waals surface area contributed by atoms with Crippen molar-refractivity contribution in [1.82, 2.24) is 9.55 Å². The Balaban J connectivity index is 1.78. The molecule has 1 aliphatic heterocycles. The molecule has 2 N–H and O–H groups in total. The van der Waals surface area contributed by atoms with Crippen LogP contribution in [-0.4, -0.2) is 29.5 Å². The molecule has 5 nitrogen and oxygen atoms in total. The Morgan fingerprint density at radius 3 is 2.76 bits per heavy atom. The maximum atomic E-state index is 11.6. The summed E-state index contributed by atoms with van der Waals surface area (Å²) in [5.74, 6) is 0.725. The molecule has 1 aliphatic rings. The summed E-state index contributed by atoms with van der Waals surface area (Å²) < 4.78 is 25.1. The Kier molecular flexibility index (Phi) is 3.82. The first-order chi connectivity index (χ1) is 10.1. The first kappa shape index (κ1) is 14.3. The van der Waals surface area contributed by atoms with E-state index >= 15 is 0 Å². The minimum atomic E-state index is -2.85. The molecule has 0 radical (unpaired) electrons. The highest BCUT2D eigenvalue weighted by atomic mass is 32.2. The fourth-order valence-corrected chi connectivity index (χ4v) is 4.72. The Morgan fingerprint density at radius 2 is 2.10 bits per heavy atom. The quantitative estimate of drug-likeness (QED) is 0.925. The van der Waals surface area contributed by atoms with Gasteiger partial charge in [-0.2, -0.15) is 0 Å². The van der Waals surface area contributed by atoms with Crippen LogP contribution < -0.4 is 5.73 Å². The maximum Gasteiger partial charge on any atom is 0.150 e. The number of hydrogen-bond donors (Lipinski definition) is 1. The smallest absolute Gasteiger partial charge is 0.150 e. The van der Waals surface area contributed by atoms with Crippen molar-refractivity contribution in [2.24, 2.45) is 11.7 Å². The molecular formula is C15H19N3O2S. The van der Waals surface area contributed by atoms with Crippen molar-refractivity contribution in [3.05, 3.63) is 54.1 Å². The van der Waals surface area contributed by atoms with Gasteiger partial charge in [-0.1, -0.05) is 30.3 Å². The molecule has 1 fully saturated rings. The Morgan fingerprint density at radius 1 is 1.33 bits per heavy atom.